The summed E-state index contributed by atoms with van der Waals surface area (Å²) in [4.78, 5) is 84.4. The first-order valence-electron chi connectivity index (χ1n) is 19.1. The minimum atomic E-state index is -1.52. The van der Waals surface area contributed by atoms with E-state index in [1.54, 1.807) is 48.5 Å². The van der Waals surface area contributed by atoms with Crippen LogP contribution in [-0.2, 0) is 24.6 Å². The number of rotatable bonds is 11. The lowest BCUT2D eigenvalue weighted by molar-refractivity contribution is -0.392. The molecule has 4 aromatic rings. The Morgan fingerprint density at radius 3 is 2.10 bits per heavy atom. The van der Waals surface area contributed by atoms with Crippen molar-refractivity contribution >= 4 is 52.1 Å². The maximum absolute atomic E-state index is 15.4. The van der Waals surface area contributed by atoms with Crippen LogP contribution in [0.4, 0.5) is 28.4 Å². The van der Waals surface area contributed by atoms with Crippen molar-refractivity contribution in [2.24, 2.45) is 23.7 Å². The van der Waals surface area contributed by atoms with Crippen LogP contribution >= 0.6 is 0 Å². The molecule has 2 heterocycles. The molecule has 4 aromatic carbocycles. The molecule has 4 aliphatic rings. The normalized spacial score (nSPS) is 24.6. The van der Waals surface area contributed by atoms with Crippen molar-refractivity contribution in [3.63, 3.8) is 0 Å². The van der Waals surface area contributed by atoms with E-state index in [4.69, 9.17) is 4.74 Å². The maximum Gasteiger partial charge on any atom is 0.301 e. The molecule has 2 N–H and O–H groups in total. The number of hydrazine groups is 1. The van der Waals surface area contributed by atoms with Gasteiger partial charge in [-0.05, 0) is 61.1 Å². The van der Waals surface area contributed by atoms with Crippen LogP contribution in [0.5, 0.6) is 5.75 Å². The Morgan fingerprint density at radius 1 is 0.864 bits per heavy atom. The van der Waals surface area contributed by atoms with Crippen LogP contribution < -0.4 is 20.0 Å². The minimum absolute atomic E-state index is 0.000533. The van der Waals surface area contributed by atoms with Crippen LogP contribution in [0.3, 0.4) is 0 Å². The Bertz CT molecular complexity index is 2400. The number of nitro benzene ring substituents is 2. The Morgan fingerprint density at radius 2 is 1.51 bits per heavy atom. The van der Waals surface area contributed by atoms with Crippen LogP contribution in [0.2, 0.25) is 0 Å². The predicted octanol–water partition coefficient (Wildman–Crippen LogP) is 5.44. The number of carbonyl (C=O) groups is 4. The zero-order valence-electron chi connectivity index (χ0n) is 32.3. The fraction of sp³-hybridized carbons (Fsp3) is 0.302. The molecular weight excluding hydrogens is 761 g/mol. The molecule has 59 heavy (non-hydrogen) atoms. The van der Waals surface area contributed by atoms with Gasteiger partial charge in [-0.3, -0.25) is 44.8 Å². The highest BCUT2D eigenvalue weighted by Crippen LogP contribution is 2.64. The summed E-state index contributed by atoms with van der Waals surface area (Å²) in [5.41, 5.74) is 3.03. The van der Waals surface area contributed by atoms with Gasteiger partial charge in [0.1, 0.15) is 12.4 Å². The third kappa shape index (κ3) is 6.09. The quantitative estimate of drug-likeness (QED) is 0.0843. The van der Waals surface area contributed by atoms with Crippen LogP contribution in [0.25, 0.3) is 0 Å². The molecule has 0 spiro atoms. The van der Waals surface area contributed by atoms with Gasteiger partial charge >= 0.3 is 11.4 Å². The van der Waals surface area contributed by atoms with Gasteiger partial charge in [0.25, 0.3) is 11.8 Å². The zero-order valence-corrected chi connectivity index (χ0v) is 32.3. The van der Waals surface area contributed by atoms with Crippen molar-refractivity contribution in [3.05, 3.63) is 140 Å². The number of aryl methyl sites for hydroxylation is 1. The fourth-order valence-corrected chi connectivity index (χ4v) is 9.75. The molecule has 8 rings (SSSR count). The molecular formula is C43H40N6O10. The molecule has 16 nitrogen and oxygen atoms in total. The summed E-state index contributed by atoms with van der Waals surface area (Å²) in [5, 5.41) is 34.9. The average molecular weight is 801 g/mol. The van der Waals surface area contributed by atoms with E-state index in [-0.39, 0.29) is 37.4 Å². The first-order chi connectivity index (χ1) is 28.3. The number of allylic oxidation sites excluding steroid dienone is 2. The Hall–Kier alpha value is -6.94. The number of anilines is 3. The Balaban J connectivity index is 1.29. The molecule has 4 amide bonds. The molecule has 0 radical (unpaired) electrons. The van der Waals surface area contributed by atoms with Gasteiger partial charge in [-0.1, -0.05) is 71.8 Å². The molecule has 3 fully saturated rings. The van der Waals surface area contributed by atoms with Crippen molar-refractivity contribution in [2.75, 3.05) is 42.5 Å². The van der Waals surface area contributed by atoms with Crippen LogP contribution in [-0.4, -0.2) is 70.9 Å². The Kier molecular flexibility index (Phi) is 9.74. The van der Waals surface area contributed by atoms with E-state index in [1.165, 1.54) is 19.0 Å². The lowest BCUT2D eigenvalue weighted by Gasteiger charge is -2.50. The molecule has 2 aliphatic carbocycles. The van der Waals surface area contributed by atoms with Crippen molar-refractivity contribution in [2.45, 2.75) is 31.1 Å². The highest BCUT2D eigenvalue weighted by Gasteiger charge is 2.70. The molecule has 2 aliphatic heterocycles. The van der Waals surface area contributed by atoms with E-state index in [0.717, 1.165) is 27.6 Å². The molecule has 2 saturated heterocycles. The summed E-state index contributed by atoms with van der Waals surface area (Å²) in [6.45, 7) is 1.77. The van der Waals surface area contributed by atoms with Gasteiger partial charge in [0.2, 0.25) is 11.8 Å². The highest BCUT2D eigenvalue weighted by atomic mass is 16.6. The summed E-state index contributed by atoms with van der Waals surface area (Å²) in [6, 6.07) is 25.3. The summed E-state index contributed by atoms with van der Waals surface area (Å²) in [7, 11) is 2.83. The van der Waals surface area contributed by atoms with Crippen molar-refractivity contribution in [1.29, 1.82) is 0 Å². The number of aliphatic hydroxyl groups excluding tert-OH is 1. The first-order valence-corrected chi connectivity index (χ1v) is 19.1. The lowest BCUT2D eigenvalue weighted by atomic mass is 9.49. The lowest BCUT2D eigenvalue weighted by Crippen LogP contribution is -2.53. The molecule has 0 unspecified atom stereocenters. The first kappa shape index (κ1) is 38.9. The molecule has 6 atom stereocenters. The second kappa shape index (κ2) is 14.8. The summed E-state index contributed by atoms with van der Waals surface area (Å²) in [5.74, 6) is -6.56. The number of fused-ring (bicyclic) bond motifs is 4. The van der Waals surface area contributed by atoms with Gasteiger partial charge in [-0.25, -0.2) is 4.90 Å². The van der Waals surface area contributed by atoms with Gasteiger partial charge in [0.15, 0.2) is 5.69 Å². The predicted molar refractivity (Wildman–Crippen MR) is 214 cm³/mol. The number of amides is 4. The summed E-state index contributed by atoms with van der Waals surface area (Å²) >= 11 is 0. The van der Waals surface area contributed by atoms with E-state index in [2.05, 4.69) is 5.43 Å². The number of ether oxygens (including phenoxy) is 1. The number of nitrogens with one attached hydrogen (secondary N) is 1. The van der Waals surface area contributed by atoms with E-state index >= 15 is 4.79 Å². The van der Waals surface area contributed by atoms with Crippen molar-refractivity contribution in [1.82, 2.24) is 5.01 Å². The van der Waals surface area contributed by atoms with Gasteiger partial charge in [0, 0.05) is 32.1 Å². The van der Waals surface area contributed by atoms with E-state index in [0.29, 0.717) is 28.1 Å². The van der Waals surface area contributed by atoms with Gasteiger partial charge < -0.3 is 14.7 Å². The van der Waals surface area contributed by atoms with Gasteiger partial charge in [-0.2, -0.15) is 5.01 Å². The number of nitro groups is 2. The second-order valence-electron chi connectivity index (χ2n) is 15.5. The number of nitrogens with zero attached hydrogens (tertiary/aromatic N) is 5. The molecule has 0 aromatic heterocycles. The third-order valence-electron chi connectivity index (χ3n) is 12.1. The van der Waals surface area contributed by atoms with Gasteiger partial charge in [0.05, 0.1) is 51.0 Å². The molecule has 1 saturated carbocycles. The smallest absolute Gasteiger partial charge is 0.301 e. The van der Waals surface area contributed by atoms with E-state index in [9.17, 15) is 39.7 Å². The van der Waals surface area contributed by atoms with Crippen molar-refractivity contribution < 1.29 is 38.9 Å². The Labute approximate surface area is 337 Å². The third-order valence-corrected chi connectivity index (χ3v) is 12.1. The summed E-state index contributed by atoms with van der Waals surface area (Å²) in [6.07, 6.45) is 1.93. The number of aliphatic hydroxyl groups is 1. The number of benzene rings is 4. The number of hydrogen-bond donors (Lipinski definition) is 2. The van der Waals surface area contributed by atoms with Crippen molar-refractivity contribution in [3.8, 4) is 5.75 Å². The number of hydrogen-bond acceptors (Lipinski definition) is 12. The van der Waals surface area contributed by atoms with Gasteiger partial charge in [-0.15, -0.1) is 0 Å². The molecule has 16 heteroatoms. The standard InChI is InChI=1S/C43H40N6O10/c1-24-9-13-27(14-10-24)44-47-40(52)33-23-32-30(37(25-11-15-29(16-12-25)59-20-19-50)43(33,42(47)54)26-7-5-4-6-8-26)17-18-31-36(32)41(53)46(39(31)51)28-21-34(48(55)56)38(45(2)3)35(22-28)49(57)58/h4-17,21-22,31-33,36-37,44,50H,18-20,23H2,1-3H3/t31-,32+,33-,36-,37-,43+/m0/s1. The topological polar surface area (TPSA) is 206 Å². The largest absolute Gasteiger partial charge is 0.491 e. The SMILES string of the molecule is Cc1ccc(NN2C(=O)[C@@H]3C[C@@H]4C(=CC[C@@H]5C(=O)N(c6cc([N+](=O)[O-])c(N(C)C)c([N+](=O)[O-])c6)C(=O)[C@@H]54)[C@H](c4ccc(OCCO)cc4)[C@]3(c3ccccc3)C2=O)cc1. The van der Waals surface area contributed by atoms with Crippen LogP contribution in [0, 0.1) is 50.8 Å². The summed E-state index contributed by atoms with van der Waals surface area (Å²) < 4.78 is 5.66. The molecule has 302 valence electrons. The van der Waals surface area contributed by atoms with Crippen LogP contribution in [0.1, 0.15) is 35.4 Å². The number of imide groups is 2. The average Bonchev–Trinajstić information content (AvgIpc) is 3.61. The monoisotopic (exact) mass is 800 g/mol. The zero-order chi connectivity index (χ0) is 41.9. The fourth-order valence-electron chi connectivity index (χ4n) is 9.75. The highest BCUT2D eigenvalue weighted by molar-refractivity contribution is 6.23. The van der Waals surface area contributed by atoms with E-state index in [1.807, 2.05) is 43.3 Å². The van der Waals surface area contributed by atoms with E-state index < -0.39 is 79.9 Å². The molecule has 0 bridgehead atoms. The second-order valence-corrected chi connectivity index (χ2v) is 15.5. The maximum atomic E-state index is 15.4. The van der Waals surface area contributed by atoms with Crippen LogP contribution in [0.15, 0.2) is 103 Å². The number of carbonyl (C=O) groups excluding carboxylic acids is 4. The minimum Gasteiger partial charge on any atom is -0.491 e.